The van der Waals surface area contributed by atoms with Gasteiger partial charge in [-0.05, 0) is 40.7 Å². The molecule has 7 nitrogen and oxygen atoms in total. The van der Waals surface area contributed by atoms with Crippen LogP contribution >= 0.6 is 0 Å². The lowest BCUT2D eigenvalue weighted by atomic mass is 10.1. The molecule has 10 heteroatoms. The van der Waals surface area contributed by atoms with Gasteiger partial charge in [0.05, 0.1) is 23.9 Å². The standard InChI is InChI=1S/C17H21F3N2O5/c1-6-25-12-8-10(17(18,19)20)7-11(21-12)13-9(2)22(14(23)26-13)15(24)27-16(3,4)5/h7-9,13H,6H2,1-5H3/t9-,13-/m0/s1. The monoisotopic (exact) mass is 390 g/mol. The van der Waals surface area contributed by atoms with Gasteiger partial charge in [0, 0.05) is 6.07 Å². The minimum absolute atomic E-state index is 0.109. The number of hydrogen-bond donors (Lipinski definition) is 0. The van der Waals surface area contributed by atoms with E-state index >= 15 is 0 Å². The number of ether oxygens (including phenoxy) is 3. The van der Waals surface area contributed by atoms with Gasteiger partial charge in [-0.25, -0.2) is 19.5 Å². The van der Waals surface area contributed by atoms with Gasteiger partial charge >= 0.3 is 18.4 Å². The number of alkyl halides is 3. The Morgan fingerprint density at radius 1 is 1.30 bits per heavy atom. The van der Waals surface area contributed by atoms with Gasteiger partial charge in [-0.2, -0.15) is 13.2 Å². The number of carbonyl (C=O) groups is 2. The molecule has 2 amide bonds. The average molecular weight is 390 g/mol. The van der Waals surface area contributed by atoms with Gasteiger partial charge in [-0.1, -0.05) is 0 Å². The zero-order valence-electron chi connectivity index (χ0n) is 15.6. The highest BCUT2D eigenvalue weighted by Gasteiger charge is 2.46. The Bertz CT molecular complexity index is 730. The summed E-state index contributed by atoms with van der Waals surface area (Å²) in [7, 11) is 0. The Morgan fingerprint density at radius 2 is 1.93 bits per heavy atom. The van der Waals surface area contributed by atoms with Gasteiger partial charge in [-0.15, -0.1) is 0 Å². The molecule has 150 valence electrons. The van der Waals surface area contributed by atoms with Gasteiger partial charge in [0.2, 0.25) is 5.88 Å². The van der Waals surface area contributed by atoms with Crippen molar-refractivity contribution in [3.05, 3.63) is 23.4 Å². The van der Waals surface area contributed by atoms with E-state index in [1.807, 2.05) is 0 Å². The summed E-state index contributed by atoms with van der Waals surface area (Å²) in [5.74, 6) is -0.249. The largest absolute Gasteiger partial charge is 0.478 e. The van der Waals surface area contributed by atoms with Crippen LogP contribution in [0.3, 0.4) is 0 Å². The van der Waals surface area contributed by atoms with Gasteiger partial charge in [0.25, 0.3) is 0 Å². The predicted molar refractivity (Wildman–Crippen MR) is 87.2 cm³/mol. The second kappa shape index (κ2) is 7.24. The fourth-order valence-electron chi connectivity index (χ4n) is 2.48. The molecule has 0 aliphatic carbocycles. The van der Waals surface area contributed by atoms with E-state index in [9.17, 15) is 22.8 Å². The zero-order chi connectivity index (χ0) is 20.6. The number of cyclic esters (lactones) is 1. The normalized spacial score (nSPS) is 20.4. The molecule has 0 radical (unpaired) electrons. The molecule has 1 aromatic heterocycles. The molecule has 1 fully saturated rings. The first-order valence-electron chi connectivity index (χ1n) is 8.28. The summed E-state index contributed by atoms with van der Waals surface area (Å²) in [5, 5.41) is 0. The molecular formula is C17H21F3N2O5. The van der Waals surface area contributed by atoms with Crippen LogP contribution in [0.2, 0.25) is 0 Å². The fraction of sp³-hybridized carbons (Fsp3) is 0.588. The van der Waals surface area contributed by atoms with Crippen molar-refractivity contribution in [2.45, 2.75) is 58.5 Å². The number of carbonyl (C=O) groups excluding carboxylic acids is 2. The van der Waals surface area contributed by atoms with E-state index in [-0.39, 0.29) is 18.2 Å². The minimum atomic E-state index is -4.64. The van der Waals surface area contributed by atoms with Crippen molar-refractivity contribution in [3.8, 4) is 5.88 Å². The zero-order valence-corrected chi connectivity index (χ0v) is 15.6. The summed E-state index contributed by atoms with van der Waals surface area (Å²) in [5.41, 5.74) is -2.01. The summed E-state index contributed by atoms with van der Waals surface area (Å²) in [6, 6.07) is 0.619. The van der Waals surface area contributed by atoms with E-state index in [0.29, 0.717) is 0 Å². The maximum atomic E-state index is 13.2. The molecular weight excluding hydrogens is 369 g/mol. The Morgan fingerprint density at radius 3 is 2.44 bits per heavy atom. The van der Waals surface area contributed by atoms with Crippen LogP contribution in [0.25, 0.3) is 0 Å². The lowest BCUT2D eigenvalue weighted by Gasteiger charge is -2.24. The van der Waals surface area contributed by atoms with Gasteiger partial charge in [0.15, 0.2) is 6.10 Å². The number of nitrogens with zero attached hydrogens (tertiary/aromatic N) is 2. The molecule has 0 spiro atoms. The van der Waals surface area contributed by atoms with Gasteiger partial charge in [-0.3, -0.25) is 0 Å². The van der Waals surface area contributed by atoms with Crippen LogP contribution in [0.1, 0.15) is 52.0 Å². The molecule has 0 saturated carbocycles. The third kappa shape index (κ3) is 4.81. The molecule has 0 N–H and O–H groups in total. The van der Waals surface area contributed by atoms with Crippen LogP contribution in [-0.2, 0) is 15.7 Å². The van der Waals surface area contributed by atoms with Gasteiger partial charge < -0.3 is 14.2 Å². The molecule has 1 saturated heterocycles. The van der Waals surface area contributed by atoms with E-state index < -0.39 is 41.7 Å². The van der Waals surface area contributed by atoms with Crippen LogP contribution < -0.4 is 4.74 Å². The average Bonchev–Trinajstić information content (AvgIpc) is 2.79. The third-order valence-corrected chi connectivity index (χ3v) is 3.59. The highest BCUT2D eigenvalue weighted by Crippen LogP contribution is 2.37. The second-order valence-corrected chi connectivity index (χ2v) is 6.95. The van der Waals surface area contributed by atoms with Crippen LogP contribution in [0, 0.1) is 0 Å². The summed E-state index contributed by atoms with van der Waals surface area (Å²) >= 11 is 0. The lowest BCUT2D eigenvalue weighted by molar-refractivity contribution is -0.137. The molecule has 1 aliphatic rings. The van der Waals surface area contributed by atoms with Crippen molar-refractivity contribution in [2.24, 2.45) is 0 Å². The molecule has 1 aromatic rings. The van der Waals surface area contributed by atoms with Crippen molar-refractivity contribution in [1.82, 2.24) is 9.88 Å². The Kier molecular flexibility index (Phi) is 5.58. The number of halogens is 3. The van der Waals surface area contributed by atoms with Crippen molar-refractivity contribution < 1.29 is 37.0 Å². The summed E-state index contributed by atoms with van der Waals surface area (Å²) < 4.78 is 54.8. The van der Waals surface area contributed by atoms with E-state index in [2.05, 4.69) is 4.98 Å². The Balaban J connectivity index is 2.37. The Hall–Kier alpha value is -2.52. The second-order valence-electron chi connectivity index (χ2n) is 6.95. The highest BCUT2D eigenvalue weighted by molar-refractivity contribution is 5.90. The topological polar surface area (TPSA) is 78.0 Å². The van der Waals surface area contributed by atoms with Crippen LogP contribution in [0.15, 0.2) is 12.1 Å². The number of amides is 2. The van der Waals surface area contributed by atoms with Crippen molar-refractivity contribution in [3.63, 3.8) is 0 Å². The molecule has 1 aliphatic heterocycles. The number of rotatable bonds is 3. The van der Waals surface area contributed by atoms with Crippen LogP contribution in [-0.4, -0.2) is 40.3 Å². The predicted octanol–water partition coefficient (Wildman–Crippen LogP) is 4.32. The quantitative estimate of drug-likeness (QED) is 0.765. The number of pyridine rings is 1. The lowest BCUT2D eigenvalue weighted by Crippen LogP contribution is -2.41. The van der Waals surface area contributed by atoms with E-state index in [1.54, 1.807) is 27.7 Å². The highest BCUT2D eigenvalue weighted by atomic mass is 19.4. The molecule has 0 bridgehead atoms. The van der Waals surface area contributed by atoms with E-state index in [1.165, 1.54) is 6.92 Å². The molecule has 0 unspecified atom stereocenters. The maximum Gasteiger partial charge on any atom is 0.420 e. The number of aromatic nitrogens is 1. The SMILES string of the molecule is CCOc1cc(C(F)(F)F)cc([C@H]2OC(=O)N(C(=O)OC(C)(C)C)[C@H]2C)n1. The maximum absolute atomic E-state index is 13.2. The minimum Gasteiger partial charge on any atom is -0.478 e. The molecule has 0 aromatic carbocycles. The van der Waals surface area contributed by atoms with Crippen molar-refractivity contribution in [1.29, 1.82) is 0 Å². The summed E-state index contributed by atoms with van der Waals surface area (Å²) in [4.78, 5) is 29.1. The molecule has 27 heavy (non-hydrogen) atoms. The van der Waals surface area contributed by atoms with Crippen LogP contribution in [0.5, 0.6) is 5.88 Å². The summed E-state index contributed by atoms with van der Waals surface area (Å²) in [6.07, 6.45) is -7.79. The fourth-order valence-corrected chi connectivity index (χ4v) is 2.48. The molecule has 2 rings (SSSR count). The first-order chi connectivity index (χ1) is 12.3. The molecule has 2 heterocycles. The van der Waals surface area contributed by atoms with Crippen LogP contribution in [0.4, 0.5) is 22.8 Å². The number of hydrogen-bond acceptors (Lipinski definition) is 6. The van der Waals surface area contributed by atoms with Crippen molar-refractivity contribution >= 4 is 12.2 Å². The van der Waals surface area contributed by atoms with E-state index in [0.717, 1.165) is 17.0 Å². The van der Waals surface area contributed by atoms with E-state index in [4.69, 9.17) is 14.2 Å². The first-order valence-corrected chi connectivity index (χ1v) is 8.28. The van der Waals surface area contributed by atoms with Gasteiger partial charge in [0.1, 0.15) is 5.60 Å². The smallest absolute Gasteiger partial charge is 0.420 e. The first kappa shape index (κ1) is 20.8. The summed E-state index contributed by atoms with van der Waals surface area (Å²) in [6.45, 7) is 8.04. The number of imide groups is 1. The third-order valence-electron chi connectivity index (χ3n) is 3.59. The Labute approximate surface area is 154 Å². The molecule has 2 atom stereocenters. The van der Waals surface area contributed by atoms with Crippen molar-refractivity contribution in [2.75, 3.05) is 6.61 Å².